The van der Waals surface area contributed by atoms with Crippen molar-refractivity contribution < 1.29 is 9.84 Å². The van der Waals surface area contributed by atoms with Crippen molar-refractivity contribution in [1.29, 1.82) is 0 Å². The number of fused-ring (bicyclic) bond motifs is 1. The highest BCUT2D eigenvalue weighted by molar-refractivity contribution is 5.76. The molecule has 1 aliphatic heterocycles. The summed E-state index contributed by atoms with van der Waals surface area (Å²) in [6, 6.07) is 5.84. The molecule has 90 valence electrons. The summed E-state index contributed by atoms with van der Waals surface area (Å²) in [5, 5.41) is 9.17. The molecule has 0 radical (unpaired) electrons. The minimum Gasteiger partial charge on any atom is -0.392 e. The van der Waals surface area contributed by atoms with Gasteiger partial charge in [-0.1, -0.05) is 6.07 Å². The molecule has 1 aromatic carbocycles. The van der Waals surface area contributed by atoms with Crippen LogP contribution in [0.3, 0.4) is 0 Å². The second-order valence-electron chi connectivity index (χ2n) is 4.45. The van der Waals surface area contributed by atoms with E-state index >= 15 is 0 Å². The Morgan fingerprint density at radius 3 is 3.12 bits per heavy atom. The number of hydrogen-bond donors (Lipinski definition) is 1. The zero-order valence-corrected chi connectivity index (χ0v) is 9.67. The van der Waals surface area contributed by atoms with E-state index in [1.54, 1.807) is 0 Å². The first-order valence-corrected chi connectivity index (χ1v) is 6.06. The molecule has 1 aromatic heterocycles. The molecule has 1 unspecified atom stereocenters. The van der Waals surface area contributed by atoms with Gasteiger partial charge in [-0.2, -0.15) is 0 Å². The molecular weight excluding hydrogens is 216 g/mol. The Labute approximate surface area is 99.8 Å². The van der Waals surface area contributed by atoms with Crippen LogP contribution >= 0.6 is 0 Å². The van der Waals surface area contributed by atoms with E-state index in [2.05, 4.69) is 9.55 Å². The van der Waals surface area contributed by atoms with Gasteiger partial charge in [-0.15, -0.1) is 0 Å². The maximum absolute atomic E-state index is 9.17. The number of aliphatic hydroxyl groups is 1. The molecule has 0 spiro atoms. The minimum atomic E-state index is 0.0621. The van der Waals surface area contributed by atoms with Gasteiger partial charge in [-0.25, -0.2) is 4.98 Å². The Kier molecular flexibility index (Phi) is 2.82. The van der Waals surface area contributed by atoms with E-state index in [0.29, 0.717) is 0 Å². The molecule has 1 atom stereocenters. The molecule has 1 N–H and O–H groups in total. The van der Waals surface area contributed by atoms with E-state index in [-0.39, 0.29) is 12.8 Å². The van der Waals surface area contributed by atoms with Gasteiger partial charge in [0, 0.05) is 6.61 Å². The van der Waals surface area contributed by atoms with E-state index in [4.69, 9.17) is 4.74 Å². The fourth-order valence-electron chi connectivity index (χ4n) is 2.34. The van der Waals surface area contributed by atoms with E-state index in [1.165, 1.54) is 6.42 Å². The van der Waals surface area contributed by atoms with Crippen molar-refractivity contribution in [3.63, 3.8) is 0 Å². The molecule has 4 nitrogen and oxygen atoms in total. The molecule has 3 rings (SSSR count). The third kappa shape index (κ3) is 1.94. The largest absolute Gasteiger partial charge is 0.392 e. The van der Waals surface area contributed by atoms with Gasteiger partial charge in [0.05, 0.1) is 24.0 Å². The first-order valence-electron chi connectivity index (χ1n) is 6.06. The summed E-state index contributed by atoms with van der Waals surface area (Å²) in [4.78, 5) is 4.37. The molecule has 0 aliphatic carbocycles. The Balaban J connectivity index is 2.02. The van der Waals surface area contributed by atoms with Gasteiger partial charge in [-0.05, 0) is 37.0 Å². The summed E-state index contributed by atoms with van der Waals surface area (Å²) in [6.07, 6.45) is 5.31. The molecule has 1 saturated heterocycles. The fraction of sp³-hybridized carbons (Fsp3) is 0.462. The summed E-state index contributed by atoms with van der Waals surface area (Å²) in [7, 11) is 0. The van der Waals surface area contributed by atoms with Crippen LogP contribution < -0.4 is 0 Å². The van der Waals surface area contributed by atoms with Gasteiger partial charge in [-0.3, -0.25) is 0 Å². The number of aliphatic hydroxyl groups excluding tert-OH is 1. The lowest BCUT2D eigenvalue weighted by Gasteiger charge is -2.24. The van der Waals surface area contributed by atoms with Crippen molar-refractivity contribution in [1.82, 2.24) is 9.55 Å². The average molecular weight is 232 g/mol. The van der Waals surface area contributed by atoms with E-state index in [1.807, 2.05) is 24.5 Å². The van der Waals surface area contributed by atoms with Gasteiger partial charge in [0.25, 0.3) is 0 Å². The monoisotopic (exact) mass is 232 g/mol. The zero-order valence-electron chi connectivity index (χ0n) is 9.67. The van der Waals surface area contributed by atoms with Crippen molar-refractivity contribution in [3.8, 4) is 0 Å². The molecule has 2 aromatic rings. The first kappa shape index (κ1) is 10.7. The van der Waals surface area contributed by atoms with E-state index < -0.39 is 0 Å². The van der Waals surface area contributed by atoms with Crippen LogP contribution in [0.15, 0.2) is 24.5 Å². The van der Waals surface area contributed by atoms with Gasteiger partial charge in [0.1, 0.15) is 6.23 Å². The van der Waals surface area contributed by atoms with Gasteiger partial charge in [0.15, 0.2) is 0 Å². The number of ether oxygens (including phenoxy) is 1. The minimum absolute atomic E-state index is 0.0621. The van der Waals surface area contributed by atoms with Crippen LogP contribution in [0.5, 0.6) is 0 Å². The molecule has 1 aliphatic rings. The Bertz CT molecular complexity index is 515. The highest BCUT2D eigenvalue weighted by Gasteiger charge is 2.17. The Hall–Kier alpha value is -1.39. The summed E-state index contributed by atoms with van der Waals surface area (Å²) < 4.78 is 7.84. The van der Waals surface area contributed by atoms with Gasteiger partial charge < -0.3 is 14.4 Å². The Morgan fingerprint density at radius 2 is 2.35 bits per heavy atom. The van der Waals surface area contributed by atoms with Gasteiger partial charge in [0.2, 0.25) is 0 Å². The quantitative estimate of drug-likeness (QED) is 0.863. The fourth-order valence-corrected chi connectivity index (χ4v) is 2.34. The normalized spacial score (nSPS) is 20.9. The maximum atomic E-state index is 9.17. The number of nitrogens with zero attached hydrogens (tertiary/aromatic N) is 2. The lowest BCUT2D eigenvalue weighted by Crippen LogP contribution is -2.17. The second-order valence-corrected chi connectivity index (χ2v) is 4.45. The third-order valence-electron chi connectivity index (χ3n) is 3.29. The summed E-state index contributed by atoms with van der Waals surface area (Å²) >= 11 is 0. The maximum Gasteiger partial charge on any atom is 0.135 e. The standard InChI is InChI=1S/C13H16N2O2/c16-8-10-4-5-11-12(7-10)15(9-14-11)13-3-1-2-6-17-13/h4-5,7,9,13,16H,1-3,6,8H2. The summed E-state index contributed by atoms with van der Waals surface area (Å²) in [6.45, 7) is 0.886. The molecule has 0 bridgehead atoms. The van der Waals surface area contributed by atoms with Crippen molar-refractivity contribution in [3.05, 3.63) is 30.1 Å². The Morgan fingerprint density at radius 1 is 1.41 bits per heavy atom. The van der Waals surface area contributed by atoms with Crippen LogP contribution in [0.2, 0.25) is 0 Å². The third-order valence-corrected chi connectivity index (χ3v) is 3.29. The number of rotatable bonds is 2. The van der Waals surface area contributed by atoms with Crippen LogP contribution in [0, 0.1) is 0 Å². The molecule has 2 heterocycles. The number of benzene rings is 1. The van der Waals surface area contributed by atoms with Crippen molar-refractivity contribution >= 4 is 11.0 Å². The second kappa shape index (κ2) is 4.47. The lowest BCUT2D eigenvalue weighted by molar-refractivity contribution is -0.0295. The molecule has 4 heteroatoms. The van der Waals surface area contributed by atoms with Crippen LogP contribution in [0.25, 0.3) is 11.0 Å². The van der Waals surface area contributed by atoms with E-state index in [0.717, 1.165) is 36.0 Å². The first-order chi connectivity index (χ1) is 8.38. The lowest BCUT2D eigenvalue weighted by atomic mass is 10.1. The topological polar surface area (TPSA) is 47.3 Å². The SMILES string of the molecule is OCc1ccc2ncn(C3CCCCO3)c2c1. The van der Waals surface area contributed by atoms with Crippen LogP contribution in [-0.4, -0.2) is 21.3 Å². The van der Waals surface area contributed by atoms with Crippen molar-refractivity contribution in [2.24, 2.45) is 0 Å². The van der Waals surface area contributed by atoms with Crippen LogP contribution in [-0.2, 0) is 11.3 Å². The molecule has 0 saturated carbocycles. The summed E-state index contributed by atoms with van der Waals surface area (Å²) in [5.74, 6) is 0. The predicted octanol–water partition coefficient (Wildman–Crippen LogP) is 2.23. The van der Waals surface area contributed by atoms with E-state index in [9.17, 15) is 5.11 Å². The van der Waals surface area contributed by atoms with Crippen molar-refractivity contribution in [2.75, 3.05) is 6.61 Å². The highest BCUT2D eigenvalue weighted by Crippen LogP contribution is 2.26. The smallest absolute Gasteiger partial charge is 0.135 e. The molecule has 17 heavy (non-hydrogen) atoms. The number of aromatic nitrogens is 2. The molecular formula is C13H16N2O2. The number of hydrogen-bond acceptors (Lipinski definition) is 3. The number of imidazole rings is 1. The molecule has 0 amide bonds. The van der Waals surface area contributed by atoms with Gasteiger partial charge >= 0.3 is 0 Å². The highest BCUT2D eigenvalue weighted by atomic mass is 16.5. The average Bonchev–Trinajstić information content (AvgIpc) is 2.82. The predicted molar refractivity (Wildman–Crippen MR) is 64.5 cm³/mol. The zero-order chi connectivity index (χ0) is 11.7. The van der Waals surface area contributed by atoms with Crippen molar-refractivity contribution in [2.45, 2.75) is 32.1 Å². The van der Waals surface area contributed by atoms with Crippen LogP contribution in [0.4, 0.5) is 0 Å². The van der Waals surface area contributed by atoms with Crippen LogP contribution in [0.1, 0.15) is 31.1 Å². The summed E-state index contributed by atoms with van der Waals surface area (Å²) in [5.41, 5.74) is 2.91. The molecule has 1 fully saturated rings.